The molecule has 6 nitrogen and oxygen atoms in total. The SMILES string of the molecule is COc1ccc(Br)c(Cn2ncc3c(Cl)nc(N)nc32)c1. The molecule has 0 unspecified atom stereocenters. The molecule has 8 heteroatoms. The highest BCUT2D eigenvalue weighted by Gasteiger charge is 2.12. The largest absolute Gasteiger partial charge is 0.497 e. The van der Waals surface area contributed by atoms with Gasteiger partial charge in [0.05, 0.1) is 25.2 Å². The molecule has 0 saturated heterocycles. The number of halogens is 2. The molecule has 3 rings (SSSR count). The Morgan fingerprint density at radius 1 is 1.38 bits per heavy atom. The molecule has 2 heterocycles. The Bertz CT molecular complexity index is 820. The predicted molar refractivity (Wildman–Crippen MR) is 84.5 cm³/mol. The zero-order valence-electron chi connectivity index (χ0n) is 11.0. The summed E-state index contributed by atoms with van der Waals surface area (Å²) in [6.45, 7) is 0.508. The molecule has 108 valence electrons. The van der Waals surface area contributed by atoms with E-state index in [4.69, 9.17) is 22.1 Å². The van der Waals surface area contributed by atoms with Crippen LogP contribution in [0.25, 0.3) is 11.0 Å². The van der Waals surface area contributed by atoms with Crippen molar-refractivity contribution in [3.63, 3.8) is 0 Å². The molecule has 21 heavy (non-hydrogen) atoms. The molecular formula is C13H11BrClN5O. The van der Waals surface area contributed by atoms with Crippen molar-refractivity contribution < 1.29 is 4.74 Å². The first-order chi connectivity index (χ1) is 10.1. The second-order valence-corrected chi connectivity index (χ2v) is 5.58. The maximum Gasteiger partial charge on any atom is 0.223 e. The lowest BCUT2D eigenvalue weighted by atomic mass is 10.2. The van der Waals surface area contributed by atoms with Gasteiger partial charge in [-0.05, 0) is 23.8 Å². The highest BCUT2D eigenvalue weighted by atomic mass is 79.9. The molecular weight excluding hydrogens is 358 g/mol. The molecule has 0 radical (unpaired) electrons. The molecule has 2 N–H and O–H groups in total. The summed E-state index contributed by atoms with van der Waals surface area (Å²) in [7, 11) is 1.63. The van der Waals surface area contributed by atoms with Crippen LogP contribution >= 0.6 is 27.5 Å². The zero-order chi connectivity index (χ0) is 15.0. The summed E-state index contributed by atoms with van der Waals surface area (Å²) in [5.74, 6) is 0.899. The van der Waals surface area contributed by atoms with Gasteiger partial charge in [0.15, 0.2) is 5.65 Å². The number of hydrogen-bond acceptors (Lipinski definition) is 5. The summed E-state index contributed by atoms with van der Waals surface area (Å²) in [5.41, 5.74) is 7.25. The van der Waals surface area contributed by atoms with Crippen LogP contribution in [0.1, 0.15) is 5.56 Å². The highest BCUT2D eigenvalue weighted by Crippen LogP contribution is 2.25. The predicted octanol–water partition coefficient (Wildman–Crippen LogP) is 2.88. The molecule has 0 spiro atoms. The number of rotatable bonds is 3. The molecule has 2 aromatic heterocycles. The first kappa shape index (κ1) is 14.1. The summed E-state index contributed by atoms with van der Waals surface area (Å²) in [6.07, 6.45) is 1.63. The van der Waals surface area contributed by atoms with Crippen LogP contribution in [0.15, 0.2) is 28.9 Å². The number of anilines is 1. The van der Waals surface area contributed by atoms with Gasteiger partial charge < -0.3 is 10.5 Å². The summed E-state index contributed by atoms with van der Waals surface area (Å²) < 4.78 is 7.92. The molecule has 0 aliphatic rings. The minimum atomic E-state index is 0.124. The number of hydrogen-bond donors (Lipinski definition) is 1. The van der Waals surface area contributed by atoms with E-state index in [-0.39, 0.29) is 5.95 Å². The number of benzene rings is 1. The third-order valence-corrected chi connectivity index (χ3v) is 4.10. The van der Waals surface area contributed by atoms with Crippen molar-refractivity contribution in [3.8, 4) is 5.75 Å². The van der Waals surface area contributed by atoms with Gasteiger partial charge >= 0.3 is 0 Å². The van der Waals surface area contributed by atoms with E-state index in [1.54, 1.807) is 18.0 Å². The monoisotopic (exact) mass is 367 g/mol. The third kappa shape index (κ3) is 2.66. The van der Waals surface area contributed by atoms with Crippen molar-refractivity contribution in [3.05, 3.63) is 39.6 Å². The molecule has 0 amide bonds. The maximum absolute atomic E-state index is 6.04. The number of aromatic nitrogens is 4. The van der Waals surface area contributed by atoms with Crippen molar-refractivity contribution in [2.24, 2.45) is 0 Å². The first-order valence-electron chi connectivity index (χ1n) is 6.05. The van der Waals surface area contributed by atoms with Crippen LogP contribution < -0.4 is 10.5 Å². The Morgan fingerprint density at radius 2 is 2.19 bits per heavy atom. The van der Waals surface area contributed by atoms with Crippen LogP contribution in [0, 0.1) is 0 Å². The lowest BCUT2D eigenvalue weighted by Gasteiger charge is -2.08. The fourth-order valence-electron chi connectivity index (χ4n) is 2.01. The Morgan fingerprint density at radius 3 is 2.95 bits per heavy atom. The van der Waals surface area contributed by atoms with Crippen molar-refractivity contribution in [2.75, 3.05) is 12.8 Å². The summed E-state index contributed by atoms with van der Waals surface area (Å²) in [4.78, 5) is 8.12. The average Bonchev–Trinajstić information content (AvgIpc) is 2.84. The van der Waals surface area contributed by atoms with E-state index in [0.29, 0.717) is 22.7 Å². The molecule has 1 aromatic carbocycles. The molecule has 0 saturated carbocycles. The quantitative estimate of drug-likeness (QED) is 0.719. The van der Waals surface area contributed by atoms with E-state index >= 15 is 0 Å². The van der Waals surface area contributed by atoms with E-state index in [9.17, 15) is 0 Å². The minimum Gasteiger partial charge on any atom is -0.497 e. The van der Waals surface area contributed by atoms with Gasteiger partial charge in [0.25, 0.3) is 0 Å². The smallest absolute Gasteiger partial charge is 0.223 e. The minimum absolute atomic E-state index is 0.124. The molecule has 0 atom stereocenters. The summed E-state index contributed by atoms with van der Waals surface area (Å²) in [5, 5.41) is 5.27. The molecule has 0 aliphatic carbocycles. The number of methoxy groups -OCH3 is 1. The number of fused-ring (bicyclic) bond motifs is 1. The zero-order valence-corrected chi connectivity index (χ0v) is 13.4. The van der Waals surface area contributed by atoms with E-state index in [1.165, 1.54) is 0 Å². The Labute approximate surface area is 134 Å². The molecule has 0 aliphatic heterocycles. The van der Waals surface area contributed by atoms with Crippen LogP contribution in [-0.4, -0.2) is 26.9 Å². The second-order valence-electron chi connectivity index (χ2n) is 4.37. The second kappa shape index (κ2) is 5.50. The fraction of sp³-hybridized carbons (Fsp3) is 0.154. The van der Waals surface area contributed by atoms with Gasteiger partial charge in [-0.25, -0.2) is 9.67 Å². The molecule has 0 fully saturated rings. The van der Waals surface area contributed by atoms with Crippen molar-refractivity contribution >= 4 is 44.5 Å². The van der Waals surface area contributed by atoms with Gasteiger partial charge in [-0.2, -0.15) is 10.1 Å². The van der Waals surface area contributed by atoms with Crippen LogP contribution in [0.5, 0.6) is 5.75 Å². The Kier molecular flexibility index (Phi) is 3.69. The lowest BCUT2D eigenvalue weighted by Crippen LogP contribution is -2.05. The normalized spacial score (nSPS) is 11.0. The van der Waals surface area contributed by atoms with Gasteiger partial charge in [0, 0.05) is 4.47 Å². The first-order valence-corrected chi connectivity index (χ1v) is 7.22. The summed E-state index contributed by atoms with van der Waals surface area (Å²) in [6, 6.07) is 5.74. The average molecular weight is 369 g/mol. The van der Waals surface area contributed by atoms with Gasteiger partial charge in [-0.15, -0.1) is 0 Å². The molecule has 0 bridgehead atoms. The Balaban J connectivity index is 2.06. The Hall–Kier alpha value is -1.86. The van der Waals surface area contributed by atoms with Crippen molar-refractivity contribution in [2.45, 2.75) is 6.54 Å². The van der Waals surface area contributed by atoms with Gasteiger partial charge in [-0.1, -0.05) is 27.5 Å². The van der Waals surface area contributed by atoms with E-state index in [0.717, 1.165) is 15.8 Å². The van der Waals surface area contributed by atoms with Gasteiger partial charge in [0.2, 0.25) is 5.95 Å². The third-order valence-electron chi connectivity index (χ3n) is 3.04. The number of nitrogens with two attached hydrogens (primary N) is 1. The number of nitrogens with zero attached hydrogens (tertiary/aromatic N) is 4. The van der Waals surface area contributed by atoms with Crippen molar-refractivity contribution in [1.29, 1.82) is 0 Å². The van der Waals surface area contributed by atoms with Crippen LogP contribution in [0.4, 0.5) is 5.95 Å². The molecule has 3 aromatic rings. The van der Waals surface area contributed by atoms with E-state index < -0.39 is 0 Å². The van der Waals surface area contributed by atoms with Gasteiger partial charge in [0.1, 0.15) is 10.9 Å². The van der Waals surface area contributed by atoms with Crippen LogP contribution in [0.3, 0.4) is 0 Å². The van der Waals surface area contributed by atoms with Gasteiger partial charge in [-0.3, -0.25) is 0 Å². The number of nitrogen functional groups attached to an aromatic ring is 1. The van der Waals surface area contributed by atoms with E-state index in [2.05, 4.69) is 31.0 Å². The van der Waals surface area contributed by atoms with Crippen molar-refractivity contribution in [1.82, 2.24) is 19.7 Å². The topological polar surface area (TPSA) is 78.8 Å². The number of ether oxygens (including phenoxy) is 1. The lowest BCUT2D eigenvalue weighted by molar-refractivity contribution is 0.414. The maximum atomic E-state index is 6.04. The highest BCUT2D eigenvalue weighted by molar-refractivity contribution is 9.10. The van der Waals surface area contributed by atoms with Crippen LogP contribution in [-0.2, 0) is 6.54 Å². The fourth-order valence-corrected chi connectivity index (χ4v) is 2.60. The summed E-state index contributed by atoms with van der Waals surface area (Å²) >= 11 is 9.56. The standard InChI is InChI=1S/C13H11BrClN5O/c1-21-8-2-3-10(14)7(4-8)6-20-12-9(5-17-20)11(15)18-13(16)19-12/h2-5H,6H2,1H3,(H2,16,18,19). The van der Waals surface area contributed by atoms with E-state index in [1.807, 2.05) is 18.2 Å². The van der Waals surface area contributed by atoms with Crippen LogP contribution in [0.2, 0.25) is 5.15 Å².